The minimum absolute atomic E-state index is 0.0767. The van der Waals surface area contributed by atoms with Crippen LogP contribution in [0, 0.1) is 5.92 Å². The third kappa shape index (κ3) is 2.43. The molecule has 104 valence electrons. The second kappa shape index (κ2) is 5.25. The van der Waals surface area contributed by atoms with Gasteiger partial charge in [0, 0.05) is 24.5 Å². The van der Waals surface area contributed by atoms with Gasteiger partial charge in [0.15, 0.2) is 0 Å². The molecule has 2 aliphatic carbocycles. The van der Waals surface area contributed by atoms with Gasteiger partial charge in [0.25, 0.3) is 0 Å². The van der Waals surface area contributed by atoms with Crippen LogP contribution in [0.2, 0.25) is 0 Å². The lowest BCUT2D eigenvalue weighted by molar-refractivity contribution is -0.134. The molecule has 1 heterocycles. The molecule has 0 aliphatic heterocycles. The van der Waals surface area contributed by atoms with E-state index in [0.717, 1.165) is 19.3 Å². The Labute approximate surface area is 118 Å². The van der Waals surface area contributed by atoms with Gasteiger partial charge < -0.3 is 10.6 Å². The Morgan fingerprint density at radius 1 is 1.53 bits per heavy atom. The average Bonchev–Trinajstić information content (AvgIpc) is 3.14. The highest BCUT2D eigenvalue weighted by molar-refractivity contribution is 7.10. The minimum atomic E-state index is 0.0767. The first kappa shape index (κ1) is 13.1. The topological polar surface area (TPSA) is 46.3 Å². The van der Waals surface area contributed by atoms with E-state index in [9.17, 15) is 4.79 Å². The lowest BCUT2D eigenvalue weighted by Gasteiger charge is -2.32. The van der Waals surface area contributed by atoms with Crippen molar-refractivity contribution in [3.63, 3.8) is 0 Å². The van der Waals surface area contributed by atoms with Crippen LogP contribution < -0.4 is 5.73 Å². The van der Waals surface area contributed by atoms with Gasteiger partial charge in [-0.1, -0.05) is 0 Å². The Hall–Kier alpha value is -0.870. The Morgan fingerprint density at radius 2 is 2.32 bits per heavy atom. The first-order valence-electron chi connectivity index (χ1n) is 7.25. The number of rotatable bonds is 4. The second-order valence-electron chi connectivity index (χ2n) is 5.83. The molecule has 1 aromatic heterocycles. The van der Waals surface area contributed by atoms with Crippen molar-refractivity contribution < 1.29 is 4.79 Å². The quantitative estimate of drug-likeness (QED) is 0.919. The second-order valence-corrected chi connectivity index (χ2v) is 6.83. The SMILES string of the molecule is CN(C(=O)C1CCCc2sccc21)C(CN)C1CC1. The van der Waals surface area contributed by atoms with Crippen LogP contribution in [-0.2, 0) is 11.2 Å². The Bertz CT molecular complexity index is 466. The number of hydrogen-bond acceptors (Lipinski definition) is 3. The lowest BCUT2D eigenvalue weighted by atomic mass is 9.86. The molecule has 1 amide bonds. The highest BCUT2D eigenvalue weighted by Gasteiger charge is 2.38. The first-order chi connectivity index (χ1) is 9.22. The molecular weight excluding hydrogens is 256 g/mol. The lowest BCUT2D eigenvalue weighted by Crippen LogP contribution is -2.45. The number of carbonyl (C=O) groups excluding carboxylic acids is 1. The standard InChI is InChI=1S/C15H22N2OS/c1-17(13(9-16)10-5-6-10)15(18)12-3-2-4-14-11(12)7-8-19-14/h7-8,10,12-13H,2-6,9,16H2,1H3. The number of nitrogens with zero attached hydrogens (tertiary/aromatic N) is 1. The molecule has 0 spiro atoms. The van der Waals surface area contributed by atoms with E-state index in [1.54, 1.807) is 11.3 Å². The maximum absolute atomic E-state index is 12.8. The molecule has 0 aromatic carbocycles. The van der Waals surface area contributed by atoms with Gasteiger partial charge in [-0.25, -0.2) is 0 Å². The number of aryl methyl sites for hydroxylation is 1. The number of amides is 1. The highest BCUT2D eigenvalue weighted by atomic mass is 32.1. The summed E-state index contributed by atoms with van der Waals surface area (Å²) in [5.41, 5.74) is 7.14. The Balaban J connectivity index is 1.77. The van der Waals surface area contributed by atoms with Crippen LogP contribution in [0.1, 0.15) is 42.0 Å². The van der Waals surface area contributed by atoms with E-state index in [2.05, 4.69) is 11.4 Å². The van der Waals surface area contributed by atoms with E-state index in [1.807, 2.05) is 11.9 Å². The van der Waals surface area contributed by atoms with E-state index >= 15 is 0 Å². The van der Waals surface area contributed by atoms with Crippen LogP contribution in [0.4, 0.5) is 0 Å². The summed E-state index contributed by atoms with van der Waals surface area (Å²) in [6.45, 7) is 0.593. The van der Waals surface area contributed by atoms with Gasteiger partial charge in [-0.05, 0) is 55.0 Å². The normalized spacial score (nSPS) is 23.8. The van der Waals surface area contributed by atoms with Gasteiger partial charge in [0.2, 0.25) is 5.91 Å². The summed E-state index contributed by atoms with van der Waals surface area (Å²) >= 11 is 1.80. The van der Waals surface area contributed by atoms with Crippen LogP contribution in [0.3, 0.4) is 0 Å². The predicted molar refractivity (Wildman–Crippen MR) is 78.3 cm³/mol. The number of thiophene rings is 1. The molecular formula is C15H22N2OS. The van der Waals surface area contributed by atoms with Crippen molar-refractivity contribution in [2.75, 3.05) is 13.6 Å². The number of likely N-dealkylation sites (N-methyl/N-ethyl adjacent to an activating group) is 1. The summed E-state index contributed by atoms with van der Waals surface area (Å²) in [6, 6.07) is 2.39. The predicted octanol–water partition coefficient (Wildman–Crippen LogP) is 2.36. The fraction of sp³-hybridized carbons (Fsp3) is 0.667. The number of fused-ring (bicyclic) bond motifs is 1. The van der Waals surface area contributed by atoms with Gasteiger partial charge in [-0.15, -0.1) is 11.3 Å². The van der Waals surface area contributed by atoms with Crippen molar-refractivity contribution in [2.24, 2.45) is 11.7 Å². The molecule has 0 saturated heterocycles. The van der Waals surface area contributed by atoms with Gasteiger partial charge in [-0.3, -0.25) is 4.79 Å². The van der Waals surface area contributed by atoms with Crippen molar-refractivity contribution in [3.05, 3.63) is 21.9 Å². The zero-order chi connectivity index (χ0) is 13.4. The molecule has 1 aromatic rings. The minimum Gasteiger partial charge on any atom is -0.341 e. The summed E-state index contributed by atoms with van der Waals surface area (Å²) in [7, 11) is 1.94. The number of hydrogen-bond donors (Lipinski definition) is 1. The van der Waals surface area contributed by atoms with E-state index in [-0.39, 0.29) is 17.9 Å². The third-order valence-electron chi connectivity index (χ3n) is 4.60. The van der Waals surface area contributed by atoms with Crippen molar-refractivity contribution in [1.82, 2.24) is 4.90 Å². The number of carbonyl (C=O) groups is 1. The number of nitrogens with two attached hydrogens (primary N) is 1. The van der Waals surface area contributed by atoms with Crippen LogP contribution in [0.15, 0.2) is 11.4 Å². The zero-order valence-electron chi connectivity index (χ0n) is 11.5. The Morgan fingerprint density at radius 3 is 3.00 bits per heavy atom. The molecule has 0 radical (unpaired) electrons. The van der Waals surface area contributed by atoms with Crippen LogP contribution in [-0.4, -0.2) is 30.4 Å². The molecule has 2 unspecified atom stereocenters. The molecule has 2 aliphatic rings. The molecule has 2 N–H and O–H groups in total. The summed E-state index contributed by atoms with van der Waals surface area (Å²) in [5.74, 6) is 0.999. The summed E-state index contributed by atoms with van der Waals surface area (Å²) in [6.07, 6.45) is 5.73. The first-order valence-corrected chi connectivity index (χ1v) is 8.13. The van der Waals surface area contributed by atoms with Crippen LogP contribution in [0.25, 0.3) is 0 Å². The van der Waals surface area contributed by atoms with Gasteiger partial charge >= 0.3 is 0 Å². The van der Waals surface area contributed by atoms with Gasteiger partial charge in [-0.2, -0.15) is 0 Å². The summed E-state index contributed by atoms with van der Waals surface area (Å²) in [4.78, 5) is 16.1. The third-order valence-corrected chi connectivity index (χ3v) is 5.60. The molecule has 3 rings (SSSR count). The highest BCUT2D eigenvalue weighted by Crippen LogP contribution is 2.39. The molecule has 4 heteroatoms. The van der Waals surface area contributed by atoms with Crippen molar-refractivity contribution in [1.29, 1.82) is 0 Å². The van der Waals surface area contributed by atoms with Gasteiger partial charge in [0.05, 0.1) is 5.92 Å². The Kier molecular flexibility index (Phi) is 3.63. The van der Waals surface area contributed by atoms with E-state index in [4.69, 9.17) is 5.73 Å². The largest absolute Gasteiger partial charge is 0.341 e. The summed E-state index contributed by atoms with van der Waals surface area (Å²) in [5, 5.41) is 2.12. The fourth-order valence-corrected chi connectivity index (χ4v) is 4.29. The fourth-order valence-electron chi connectivity index (χ4n) is 3.30. The summed E-state index contributed by atoms with van der Waals surface area (Å²) < 4.78 is 0. The molecule has 3 nitrogen and oxygen atoms in total. The molecule has 1 saturated carbocycles. The molecule has 1 fully saturated rings. The molecule has 2 atom stereocenters. The van der Waals surface area contributed by atoms with Crippen molar-refractivity contribution >= 4 is 17.2 Å². The molecule has 0 bridgehead atoms. The van der Waals surface area contributed by atoms with E-state index in [0.29, 0.717) is 12.5 Å². The zero-order valence-corrected chi connectivity index (χ0v) is 12.3. The maximum Gasteiger partial charge on any atom is 0.230 e. The van der Waals surface area contributed by atoms with E-state index in [1.165, 1.54) is 23.3 Å². The average molecular weight is 278 g/mol. The van der Waals surface area contributed by atoms with Crippen LogP contribution in [0.5, 0.6) is 0 Å². The van der Waals surface area contributed by atoms with Gasteiger partial charge in [0.1, 0.15) is 0 Å². The van der Waals surface area contributed by atoms with Crippen LogP contribution >= 0.6 is 11.3 Å². The maximum atomic E-state index is 12.8. The monoisotopic (exact) mass is 278 g/mol. The smallest absolute Gasteiger partial charge is 0.230 e. The van der Waals surface area contributed by atoms with E-state index < -0.39 is 0 Å². The van der Waals surface area contributed by atoms with Crippen molar-refractivity contribution in [3.8, 4) is 0 Å². The van der Waals surface area contributed by atoms with Crippen molar-refractivity contribution in [2.45, 2.75) is 44.1 Å². The molecule has 19 heavy (non-hydrogen) atoms.